The van der Waals surface area contributed by atoms with Crippen LogP contribution in [0.5, 0.6) is 0 Å². The minimum atomic E-state index is 0.0185. The van der Waals surface area contributed by atoms with Gasteiger partial charge in [0.2, 0.25) is 0 Å². The molecule has 0 fully saturated rings. The van der Waals surface area contributed by atoms with Gasteiger partial charge in [-0.3, -0.25) is 9.80 Å². The molecular formula is C5H4N2O. The van der Waals surface area contributed by atoms with Crippen LogP contribution in [0.15, 0.2) is 24.8 Å². The Morgan fingerprint density at radius 3 is 1.62 bits per heavy atom. The molecule has 0 unspecified atom stereocenters. The highest BCUT2D eigenvalue weighted by Gasteiger charge is 2.24. The minimum Gasteiger partial charge on any atom is -0.273 e. The van der Waals surface area contributed by atoms with E-state index in [-0.39, 0.29) is 6.03 Å². The third kappa shape index (κ3) is 0.411. The molecule has 2 rings (SSSR count). The summed E-state index contributed by atoms with van der Waals surface area (Å²) in [6.07, 6.45) is 6.90. The van der Waals surface area contributed by atoms with Crippen molar-refractivity contribution in [2.24, 2.45) is 0 Å². The molecule has 0 saturated carbocycles. The Kier molecular flexibility index (Phi) is 0.436. The van der Waals surface area contributed by atoms with Gasteiger partial charge in [-0.25, -0.2) is 4.79 Å². The second-order valence-electron chi connectivity index (χ2n) is 1.69. The van der Waals surface area contributed by atoms with Crippen LogP contribution >= 0.6 is 0 Å². The molecule has 2 amide bonds. The zero-order valence-electron chi connectivity index (χ0n) is 4.11. The molecule has 0 N–H and O–H groups in total. The van der Waals surface area contributed by atoms with Gasteiger partial charge in [-0.05, 0) is 0 Å². The Labute approximate surface area is 46.5 Å². The SMILES string of the molecule is O=C(N1C=C1)N1C=C1. The molecule has 0 aromatic heterocycles. The molecule has 0 aliphatic carbocycles. The van der Waals surface area contributed by atoms with Gasteiger partial charge in [0.1, 0.15) is 0 Å². The van der Waals surface area contributed by atoms with E-state index in [2.05, 4.69) is 0 Å². The van der Waals surface area contributed by atoms with Gasteiger partial charge in [-0.2, -0.15) is 0 Å². The Hall–Kier alpha value is -1.25. The van der Waals surface area contributed by atoms with Crippen LogP contribution in [-0.2, 0) is 0 Å². The molecule has 0 aromatic carbocycles. The minimum absolute atomic E-state index is 0.0185. The molecule has 0 bridgehead atoms. The lowest BCUT2D eigenvalue weighted by Crippen LogP contribution is -2.16. The lowest BCUT2D eigenvalue weighted by atomic mass is 10.9. The second-order valence-corrected chi connectivity index (χ2v) is 1.69. The first-order valence-electron chi connectivity index (χ1n) is 2.35. The van der Waals surface area contributed by atoms with E-state index in [1.165, 1.54) is 9.80 Å². The summed E-state index contributed by atoms with van der Waals surface area (Å²) in [4.78, 5) is 13.8. The predicted molar refractivity (Wildman–Crippen MR) is 27.4 cm³/mol. The highest BCUT2D eigenvalue weighted by molar-refractivity contribution is 5.83. The molecule has 0 spiro atoms. The van der Waals surface area contributed by atoms with Gasteiger partial charge in [0.15, 0.2) is 0 Å². The van der Waals surface area contributed by atoms with Gasteiger partial charge in [0.05, 0.1) is 0 Å². The van der Waals surface area contributed by atoms with E-state index in [0.29, 0.717) is 0 Å². The van der Waals surface area contributed by atoms with Crippen molar-refractivity contribution in [2.45, 2.75) is 0 Å². The molecule has 3 nitrogen and oxygen atoms in total. The summed E-state index contributed by atoms with van der Waals surface area (Å²) < 4.78 is 0. The molecule has 0 atom stereocenters. The summed E-state index contributed by atoms with van der Waals surface area (Å²) in [7, 11) is 0. The molecule has 8 heavy (non-hydrogen) atoms. The number of nitrogens with zero attached hydrogens (tertiary/aromatic N) is 2. The lowest BCUT2D eigenvalue weighted by Gasteiger charge is -1.99. The lowest BCUT2D eigenvalue weighted by molar-refractivity contribution is 0.222. The van der Waals surface area contributed by atoms with E-state index in [1.54, 1.807) is 24.8 Å². The molecule has 2 aliphatic rings. The van der Waals surface area contributed by atoms with Crippen molar-refractivity contribution < 1.29 is 4.79 Å². The maximum Gasteiger partial charge on any atom is 0.336 e. The van der Waals surface area contributed by atoms with Crippen LogP contribution in [0.1, 0.15) is 0 Å². The van der Waals surface area contributed by atoms with Crippen molar-refractivity contribution in [3.63, 3.8) is 0 Å². The van der Waals surface area contributed by atoms with Gasteiger partial charge in [0, 0.05) is 24.8 Å². The van der Waals surface area contributed by atoms with Crippen LogP contribution in [0, 0.1) is 0 Å². The van der Waals surface area contributed by atoms with Crippen LogP contribution in [0.2, 0.25) is 0 Å². The van der Waals surface area contributed by atoms with Crippen LogP contribution in [-0.4, -0.2) is 15.8 Å². The first kappa shape index (κ1) is 3.72. The van der Waals surface area contributed by atoms with Crippen molar-refractivity contribution in [2.75, 3.05) is 0 Å². The second kappa shape index (κ2) is 0.940. The summed E-state index contributed by atoms with van der Waals surface area (Å²) in [5.41, 5.74) is 0. The topological polar surface area (TPSA) is 23.1 Å². The number of amides is 2. The van der Waals surface area contributed by atoms with E-state index >= 15 is 0 Å². The van der Waals surface area contributed by atoms with Crippen molar-refractivity contribution in [3.8, 4) is 0 Å². The van der Waals surface area contributed by atoms with Crippen molar-refractivity contribution in [1.29, 1.82) is 0 Å². The Balaban J connectivity index is 1.95. The zero-order valence-corrected chi connectivity index (χ0v) is 4.11. The first-order chi connectivity index (χ1) is 3.88. The fourth-order valence-corrected chi connectivity index (χ4v) is 0.455. The molecular weight excluding hydrogens is 104 g/mol. The van der Waals surface area contributed by atoms with Gasteiger partial charge in [-0.1, -0.05) is 0 Å². The monoisotopic (exact) mass is 108 g/mol. The fraction of sp³-hybridized carbons (Fsp3) is 0. The molecule has 0 radical (unpaired) electrons. The molecule has 0 saturated heterocycles. The third-order valence-corrected chi connectivity index (χ3v) is 1.04. The normalized spacial score (nSPS) is 19.5. The van der Waals surface area contributed by atoms with Gasteiger partial charge in [0.25, 0.3) is 0 Å². The van der Waals surface area contributed by atoms with Crippen molar-refractivity contribution in [1.82, 2.24) is 9.80 Å². The average Bonchev–Trinajstić information content (AvgIpc) is 2.63. The highest BCUT2D eigenvalue weighted by Crippen LogP contribution is 2.16. The van der Waals surface area contributed by atoms with Crippen LogP contribution in [0.25, 0.3) is 0 Å². The maximum atomic E-state index is 10.7. The summed E-state index contributed by atoms with van der Waals surface area (Å²) >= 11 is 0. The van der Waals surface area contributed by atoms with Crippen molar-refractivity contribution >= 4 is 6.03 Å². The van der Waals surface area contributed by atoms with E-state index < -0.39 is 0 Å². The van der Waals surface area contributed by atoms with Crippen LogP contribution in [0.4, 0.5) is 4.79 Å². The number of urea groups is 1. The van der Waals surface area contributed by atoms with E-state index in [4.69, 9.17) is 0 Å². The zero-order chi connectivity index (χ0) is 5.56. The van der Waals surface area contributed by atoms with E-state index in [0.717, 1.165) is 0 Å². The van der Waals surface area contributed by atoms with Gasteiger partial charge >= 0.3 is 6.03 Å². The summed E-state index contributed by atoms with van der Waals surface area (Å²) in [6, 6.07) is 0.0185. The quantitative estimate of drug-likeness (QED) is 0.447. The molecule has 2 heterocycles. The number of carbonyl (C=O) groups is 1. The summed E-state index contributed by atoms with van der Waals surface area (Å²) in [5, 5.41) is 0. The Morgan fingerprint density at radius 1 is 1.00 bits per heavy atom. The highest BCUT2D eigenvalue weighted by atomic mass is 16.2. The fourth-order valence-electron chi connectivity index (χ4n) is 0.455. The summed E-state index contributed by atoms with van der Waals surface area (Å²) in [6.45, 7) is 0. The van der Waals surface area contributed by atoms with Crippen LogP contribution in [0.3, 0.4) is 0 Å². The van der Waals surface area contributed by atoms with E-state index in [1.807, 2.05) is 0 Å². The molecule has 40 valence electrons. The third-order valence-electron chi connectivity index (χ3n) is 1.04. The maximum absolute atomic E-state index is 10.7. The number of hydrogen-bond donors (Lipinski definition) is 0. The smallest absolute Gasteiger partial charge is 0.273 e. The van der Waals surface area contributed by atoms with Gasteiger partial charge in [-0.15, -0.1) is 0 Å². The standard InChI is InChI=1S/C5H4N2O/c8-5(6-1-2-6)7-3-4-7/h1-4H. The average molecular weight is 108 g/mol. The largest absolute Gasteiger partial charge is 0.336 e. The first-order valence-corrected chi connectivity index (χ1v) is 2.35. The van der Waals surface area contributed by atoms with Crippen molar-refractivity contribution in [3.05, 3.63) is 24.8 Å². The Morgan fingerprint density at radius 2 is 1.38 bits per heavy atom. The summed E-state index contributed by atoms with van der Waals surface area (Å²) in [5.74, 6) is 0. The molecule has 2 aliphatic heterocycles. The molecule has 0 aromatic rings. The van der Waals surface area contributed by atoms with Gasteiger partial charge < -0.3 is 0 Å². The number of hydrogen-bond acceptors (Lipinski definition) is 1. The van der Waals surface area contributed by atoms with Crippen LogP contribution < -0.4 is 0 Å². The molecule has 3 heteroatoms. The Bertz CT molecular complexity index is 163. The number of carbonyl (C=O) groups excluding carboxylic acids is 1. The predicted octanol–water partition coefficient (Wildman–Crippen LogP) is 0.680. The van der Waals surface area contributed by atoms with E-state index in [9.17, 15) is 4.79 Å². The number of rotatable bonds is 0.